The van der Waals surface area contributed by atoms with E-state index in [9.17, 15) is 0 Å². The molecule has 1 aliphatic rings. The van der Waals surface area contributed by atoms with Crippen LogP contribution in [0.5, 0.6) is 5.75 Å². The highest BCUT2D eigenvalue weighted by molar-refractivity contribution is 5.72. The van der Waals surface area contributed by atoms with Crippen LogP contribution in [0.2, 0.25) is 0 Å². The number of nitrogen functional groups attached to an aromatic ring is 1. The van der Waals surface area contributed by atoms with E-state index in [1.165, 1.54) is 5.56 Å². The van der Waals surface area contributed by atoms with Crippen molar-refractivity contribution in [3.8, 4) is 11.4 Å². The highest BCUT2D eigenvalue weighted by Gasteiger charge is 2.34. The minimum atomic E-state index is 0.227. The fourth-order valence-electron chi connectivity index (χ4n) is 4.35. The molecule has 5 nitrogen and oxygen atoms in total. The van der Waals surface area contributed by atoms with Crippen molar-refractivity contribution in [1.82, 2.24) is 4.57 Å². The third-order valence-corrected chi connectivity index (χ3v) is 6.38. The summed E-state index contributed by atoms with van der Waals surface area (Å²) >= 11 is 0. The normalized spacial score (nSPS) is 17.0. The Bertz CT molecular complexity index is 1270. The molecule has 3 aromatic carbocycles. The van der Waals surface area contributed by atoms with Crippen molar-refractivity contribution in [2.24, 2.45) is 0 Å². The van der Waals surface area contributed by atoms with Crippen molar-refractivity contribution in [2.75, 3.05) is 5.73 Å². The molecule has 1 fully saturated rings. The van der Waals surface area contributed by atoms with Gasteiger partial charge in [0.25, 0.3) is 5.82 Å². The Kier molecular flexibility index (Phi) is 6.33. The van der Waals surface area contributed by atoms with Gasteiger partial charge in [-0.15, -0.1) is 0 Å². The average molecular weight is 450 g/mol. The summed E-state index contributed by atoms with van der Waals surface area (Å²) in [7, 11) is 0. The van der Waals surface area contributed by atoms with Gasteiger partial charge in [-0.3, -0.25) is 4.57 Å². The molecule has 4 aromatic rings. The van der Waals surface area contributed by atoms with Crippen LogP contribution in [0.1, 0.15) is 35.4 Å². The lowest BCUT2D eigenvalue weighted by Gasteiger charge is -2.35. The van der Waals surface area contributed by atoms with E-state index in [1.54, 1.807) is 0 Å². The minimum absolute atomic E-state index is 0.227. The number of aromatic nitrogens is 1. The molecule has 2 N–H and O–H groups in total. The van der Waals surface area contributed by atoms with Gasteiger partial charge in [0.05, 0.1) is 24.6 Å². The summed E-state index contributed by atoms with van der Waals surface area (Å²) in [6, 6.07) is 28.1. The maximum Gasteiger partial charge on any atom is 0.258 e. The van der Waals surface area contributed by atoms with Gasteiger partial charge >= 0.3 is 0 Å². The Balaban J connectivity index is 1.23. The number of hydrogen-bond donors (Lipinski definition) is 1. The summed E-state index contributed by atoms with van der Waals surface area (Å²) < 4.78 is 13.8. The largest absolute Gasteiger partial charge is 0.489 e. The van der Waals surface area contributed by atoms with Gasteiger partial charge in [-0.05, 0) is 54.2 Å². The Morgan fingerprint density at radius 2 is 1.47 bits per heavy atom. The summed E-state index contributed by atoms with van der Waals surface area (Å²) in [4.78, 5) is 3.73. The molecular formula is C29H27N3O2. The molecule has 0 unspecified atom stereocenters. The van der Waals surface area contributed by atoms with Crippen molar-refractivity contribution >= 4 is 11.5 Å². The zero-order valence-corrected chi connectivity index (χ0v) is 18.9. The SMILES string of the molecule is [C-]#[N+]c1c(N)c(C2CC(OCc3ccccc3)C2)cn1-c1ccc(OCc2ccccc2)cc1. The highest BCUT2D eigenvalue weighted by Crippen LogP contribution is 2.45. The van der Waals surface area contributed by atoms with E-state index in [4.69, 9.17) is 21.8 Å². The molecule has 5 rings (SSSR count). The molecule has 1 aliphatic carbocycles. The second-order valence-electron chi connectivity index (χ2n) is 8.66. The van der Waals surface area contributed by atoms with E-state index < -0.39 is 0 Å². The van der Waals surface area contributed by atoms with Crippen molar-refractivity contribution in [3.63, 3.8) is 0 Å². The molecule has 1 heterocycles. The maximum atomic E-state index is 7.68. The van der Waals surface area contributed by atoms with Crippen LogP contribution in [0, 0.1) is 6.57 Å². The minimum Gasteiger partial charge on any atom is -0.489 e. The predicted molar refractivity (Wildman–Crippen MR) is 134 cm³/mol. The number of nitrogens with zero attached hydrogens (tertiary/aromatic N) is 2. The van der Waals surface area contributed by atoms with Gasteiger partial charge in [0.15, 0.2) is 0 Å². The van der Waals surface area contributed by atoms with Crippen LogP contribution in [0.15, 0.2) is 91.1 Å². The van der Waals surface area contributed by atoms with E-state index in [2.05, 4.69) is 17.0 Å². The van der Waals surface area contributed by atoms with Crippen LogP contribution < -0.4 is 10.5 Å². The first kappa shape index (κ1) is 21.8. The summed E-state index contributed by atoms with van der Waals surface area (Å²) in [6.07, 6.45) is 4.08. The molecule has 0 spiro atoms. The van der Waals surface area contributed by atoms with Gasteiger partial charge in [-0.2, -0.15) is 0 Å². The first-order valence-corrected chi connectivity index (χ1v) is 11.5. The van der Waals surface area contributed by atoms with E-state index in [0.717, 1.165) is 35.4 Å². The average Bonchev–Trinajstić information content (AvgIpc) is 3.19. The second-order valence-corrected chi connectivity index (χ2v) is 8.66. The van der Waals surface area contributed by atoms with E-state index in [1.807, 2.05) is 83.6 Å². The standard InChI is InChI=1S/C29H27N3O2/c1-31-29-28(30)27(23-16-26(17-23)34-20-22-10-6-3-7-11-22)18-32(29)24-12-14-25(15-13-24)33-19-21-8-4-2-5-9-21/h2-15,18,23,26H,16-17,19-20,30H2. The van der Waals surface area contributed by atoms with Crippen LogP contribution in [0.3, 0.4) is 0 Å². The first-order valence-electron chi connectivity index (χ1n) is 11.5. The van der Waals surface area contributed by atoms with Crippen LogP contribution in [0.4, 0.5) is 11.5 Å². The molecule has 0 atom stereocenters. The number of hydrogen-bond acceptors (Lipinski definition) is 3. The number of anilines is 1. The van der Waals surface area contributed by atoms with Gasteiger partial charge in [0.2, 0.25) is 0 Å². The molecule has 1 aromatic heterocycles. The van der Waals surface area contributed by atoms with Crippen LogP contribution >= 0.6 is 0 Å². The van der Waals surface area contributed by atoms with Crippen molar-refractivity contribution in [2.45, 2.75) is 38.1 Å². The lowest BCUT2D eigenvalue weighted by Crippen LogP contribution is -2.29. The summed E-state index contributed by atoms with van der Waals surface area (Å²) in [5, 5.41) is 0. The van der Waals surface area contributed by atoms with Gasteiger partial charge in [-0.1, -0.05) is 67.2 Å². The molecule has 34 heavy (non-hydrogen) atoms. The highest BCUT2D eigenvalue weighted by atomic mass is 16.5. The number of ether oxygens (including phenoxy) is 2. The fourth-order valence-corrected chi connectivity index (χ4v) is 4.35. The zero-order valence-electron chi connectivity index (χ0n) is 18.9. The quantitative estimate of drug-likeness (QED) is 0.306. The Morgan fingerprint density at radius 1 is 0.853 bits per heavy atom. The van der Waals surface area contributed by atoms with Crippen molar-refractivity contribution in [3.05, 3.63) is 119 Å². The van der Waals surface area contributed by atoms with Gasteiger partial charge in [0, 0.05) is 5.56 Å². The fraction of sp³-hybridized carbons (Fsp3) is 0.207. The molecule has 5 heteroatoms. The van der Waals surface area contributed by atoms with Crippen LogP contribution in [0.25, 0.3) is 10.5 Å². The second kappa shape index (κ2) is 9.86. The molecule has 0 bridgehead atoms. The van der Waals surface area contributed by atoms with Crippen molar-refractivity contribution < 1.29 is 9.47 Å². The monoisotopic (exact) mass is 449 g/mol. The Labute approximate surface area is 200 Å². The number of nitrogens with two attached hydrogens (primary N) is 1. The smallest absolute Gasteiger partial charge is 0.258 e. The van der Waals surface area contributed by atoms with Gasteiger partial charge < -0.3 is 20.1 Å². The molecule has 1 saturated carbocycles. The van der Waals surface area contributed by atoms with Gasteiger partial charge in [-0.25, -0.2) is 0 Å². The number of benzene rings is 3. The molecule has 0 aliphatic heterocycles. The molecule has 0 saturated heterocycles. The van der Waals surface area contributed by atoms with Crippen molar-refractivity contribution in [1.29, 1.82) is 0 Å². The Hall–Kier alpha value is -4.01. The summed E-state index contributed by atoms with van der Waals surface area (Å²) in [6.45, 7) is 8.83. The van der Waals surface area contributed by atoms with E-state index in [0.29, 0.717) is 30.6 Å². The summed E-state index contributed by atoms with van der Waals surface area (Å²) in [5.41, 5.74) is 11.2. The van der Waals surface area contributed by atoms with Crippen LogP contribution in [-0.2, 0) is 18.0 Å². The summed E-state index contributed by atoms with van der Waals surface area (Å²) in [5.74, 6) is 1.56. The topological polar surface area (TPSA) is 53.8 Å². The lowest BCUT2D eigenvalue weighted by molar-refractivity contribution is -0.0205. The van der Waals surface area contributed by atoms with Crippen LogP contribution in [-0.4, -0.2) is 10.7 Å². The maximum absolute atomic E-state index is 7.68. The molecule has 0 amide bonds. The third-order valence-electron chi connectivity index (χ3n) is 6.38. The first-order chi connectivity index (χ1) is 16.7. The third kappa shape index (κ3) is 4.68. The predicted octanol–water partition coefficient (Wildman–Crippen LogP) is 6.65. The molecule has 170 valence electrons. The molecule has 0 radical (unpaired) electrons. The van der Waals surface area contributed by atoms with E-state index >= 15 is 0 Å². The Morgan fingerprint density at radius 3 is 2.09 bits per heavy atom. The molecular weight excluding hydrogens is 422 g/mol. The lowest BCUT2D eigenvalue weighted by atomic mass is 9.78. The number of rotatable bonds is 8. The van der Waals surface area contributed by atoms with Gasteiger partial charge in [0.1, 0.15) is 18.0 Å². The zero-order chi connectivity index (χ0) is 23.3. The van der Waals surface area contributed by atoms with E-state index in [-0.39, 0.29) is 6.10 Å².